The second-order valence-corrected chi connectivity index (χ2v) is 10.4. The summed E-state index contributed by atoms with van der Waals surface area (Å²) in [4.78, 5) is 43.6. The van der Waals surface area contributed by atoms with Gasteiger partial charge >= 0.3 is 12.2 Å². The number of rotatable bonds is 2. The standard InChI is InChI=1S/C24H23F3N6O3/c1-23(2,3)18-9-17(30(4)29-18)20(34)31-11-14-8-16(31)19-21(35)33(22(36)32(14)19)13-6-5-12(10-28)15(7-13)24(25,26)27/h5-7,9,14,16,19H,8,11H2,1-4H3. The van der Waals surface area contributed by atoms with Crippen LogP contribution in [0.2, 0.25) is 0 Å². The highest BCUT2D eigenvalue weighted by atomic mass is 19.4. The van der Waals surface area contributed by atoms with Crippen LogP contribution in [0, 0.1) is 11.3 Å². The first kappa shape index (κ1) is 23.8. The Labute approximate surface area is 204 Å². The van der Waals surface area contributed by atoms with Gasteiger partial charge in [-0.1, -0.05) is 20.8 Å². The molecule has 1 aromatic heterocycles. The van der Waals surface area contributed by atoms with E-state index >= 15 is 0 Å². The monoisotopic (exact) mass is 500 g/mol. The first-order valence-corrected chi connectivity index (χ1v) is 11.4. The van der Waals surface area contributed by atoms with Crippen LogP contribution in [0.15, 0.2) is 24.3 Å². The molecule has 0 saturated carbocycles. The Bertz CT molecular complexity index is 1350. The Hall–Kier alpha value is -3.88. The van der Waals surface area contributed by atoms with Crippen molar-refractivity contribution in [3.8, 4) is 6.07 Å². The Balaban J connectivity index is 1.45. The van der Waals surface area contributed by atoms with Gasteiger partial charge in [0.25, 0.3) is 11.8 Å². The molecular formula is C24H23F3N6O3. The van der Waals surface area contributed by atoms with E-state index in [0.29, 0.717) is 18.2 Å². The molecule has 1 aromatic carbocycles. The van der Waals surface area contributed by atoms with Crippen LogP contribution in [0.3, 0.4) is 0 Å². The molecule has 0 N–H and O–H groups in total. The SMILES string of the molecule is Cn1nc(C(C)(C)C)cc1C(=O)N1CC2CC1C1C(=O)N(c3ccc(C#N)c(C(F)(F)F)c3)C(=O)N21. The number of likely N-dealkylation sites (tertiary alicyclic amines) is 1. The number of carbonyl (C=O) groups is 3. The van der Waals surface area contributed by atoms with E-state index in [1.807, 2.05) is 20.8 Å². The number of nitriles is 1. The summed E-state index contributed by atoms with van der Waals surface area (Å²) in [5.74, 6) is -1.01. The molecule has 188 valence electrons. The normalized spacial score (nSPS) is 23.5. The predicted molar refractivity (Wildman–Crippen MR) is 120 cm³/mol. The molecule has 4 heterocycles. The fourth-order valence-corrected chi connectivity index (χ4v) is 5.31. The number of aryl methyl sites for hydroxylation is 1. The Morgan fingerprint density at radius 1 is 1.17 bits per heavy atom. The lowest BCUT2D eigenvalue weighted by Crippen LogP contribution is -2.55. The quantitative estimate of drug-likeness (QED) is 0.590. The number of hydrogen-bond acceptors (Lipinski definition) is 5. The third-order valence-electron chi connectivity index (χ3n) is 7.08. The average molecular weight is 500 g/mol. The largest absolute Gasteiger partial charge is 0.417 e. The molecule has 2 bridgehead atoms. The minimum Gasteiger partial charge on any atom is -0.330 e. The van der Waals surface area contributed by atoms with Gasteiger partial charge < -0.3 is 9.80 Å². The topological polar surface area (TPSA) is 103 Å². The highest BCUT2D eigenvalue weighted by Crippen LogP contribution is 2.44. The first-order valence-electron chi connectivity index (χ1n) is 11.4. The highest BCUT2D eigenvalue weighted by Gasteiger charge is 2.63. The zero-order chi connectivity index (χ0) is 26.3. The van der Waals surface area contributed by atoms with Crippen molar-refractivity contribution in [1.82, 2.24) is 19.6 Å². The van der Waals surface area contributed by atoms with Gasteiger partial charge in [0.2, 0.25) is 0 Å². The smallest absolute Gasteiger partial charge is 0.330 e. The maximum absolute atomic E-state index is 13.5. The minimum absolute atomic E-state index is 0.212. The summed E-state index contributed by atoms with van der Waals surface area (Å²) >= 11 is 0. The number of nitrogens with zero attached hydrogens (tertiary/aromatic N) is 6. The van der Waals surface area contributed by atoms with Gasteiger partial charge in [-0.3, -0.25) is 14.3 Å². The Kier molecular flexibility index (Phi) is 5.01. The third kappa shape index (κ3) is 3.37. The number of hydrogen-bond donors (Lipinski definition) is 0. The number of piperazine rings is 1. The maximum Gasteiger partial charge on any atom is 0.417 e. The van der Waals surface area contributed by atoms with E-state index in [1.54, 1.807) is 18.0 Å². The summed E-state index contributed by atoms with van der Waals surface area (Å²) < 4.78 is 41.9. The first-order chi connectivity index (χ1) is 16.7. The van der Waals surface area contributed by atoms with E-state index in [-0.39, 0.29) is 23.6 Å². The van der Waals surface area contributed by atoms with Crippen LogP contribution < -0.4 is 4.90 Å². The van der Waals surface area contributed by atoms with Gasteiger partial charge in [0.1, 0.15) is 11.7 Å². The van der Waals surface area contributed by atoms with E-state index in [2.05, 4.69) is 5.10 Å². The zero-order valence-corrected chi connectivity index (χ0v) is 20.0. The molecule has 2 aromatic rings. The molecule has 3 fully saturated rings. The van der Waals surface area contributed by atoms with E-state index in [1.165, 1.54) is 15.7 Å². The molecule has 4 amide bonds. The fourth-order valence-electron chi connectivity index (χ4n) is 5.31. The van der Waals surface area contributed by atoms with E-state index in [9.17, 15) is 27.6 Å². The molecule has 12 heteroatoms. The molecule has 0 aliphatic carbocycles. The number of anilines is 1. The van der Waals surface area contributed by atoms with Crippen molar-refractivity contribution in [3.05, 3.63) is 46.8 Å². The number of aromatic nitrogens is 2. The van der Waals surface area contributed by atoms with Crippen molar-refractivity contribution >= 4 is 23.5 Å². The predicted octanol–water partition coefficient (Wildman–Crippen LogP) is 3.04. The van der Waals surface area contributed by atoms with Gasteiger partial charge in [-0.15, -0.1) is 0 Å². The molecule has 3 aliphatic heterocycles. The number of imide groups is 1. The van der Waals surface area contributed by atoms with Crippen LogP contribution in [0.25, 0.3) is 0 Å². The Morgan fingerprint density at radius 2 is 1.86 bits per heavy atom. The van der Waals surface area contributed by atoms with Crippen molar-refractivity contribution in [1.29, 1.82) is 5.26 Å². The molecule has 3 atom stereocenters. The molecule has 0 radical (unpaired) electrons. The van der Waals surface area contributed by atoms with Crippen molar-refractivity contribution < 1.29 is 27.6 Å². The second-order valence-electron chi connectivity index (χ2n) is 10.4. The number of alkyl halides is 3. The van der Waals surface area contributed by atoms with Crippen molar-refractivity contribution in [3.63, 3.8) is 0 Å². The van der Waals surface area contributed by atoms with E-state index in [4.69, 9.17) is 5.26 Å². The van der Waals surface area contributed by atoms with Gasteiger partial charge in [-0.2, -0.15) is 23.5 Å². The molecule has 0 spiro atoms. The number of carbonyl (C=O) groups excluding carboxylic acids is 3. The summed E-state index contributed by atoms with van der Waals surface area (Å²) in [5, 5.41) is 13.5. The Morgan fingerprint density at radius 3 is 2.44 bits per heavy atom. The third-order valence-corrected chi connectivity index (χ3v) is 7.08. The summed E-state index contributed by atoms with van der Waals surface area (Å²) in [7, 11) is 1.66. The molecular weight excluding hydrogens is 477 g/mol. The number of benzene rings is 1. The van der Waals surface area contributed by atoms with Gasteiger partial charge in [-0.05, 0) is 30.7 Å². The van der Waals surface area contributed by atoms with Gasteiger partial charge in [0.15, 0.2) is 0 Å². The van der Waals surface area contributed by atoms with Crippen LogP contribution in [0.5, 0.6) is 0 Å². The van der Waals surface area contributed by atoms with E-state index in [0.717, 1.165) is 22.7 Å². The van der Waals surface area contributed by atoms with Crippen molar-refractivity contribution in [2.45, 2.75) is 56.9 Å². The van der Waals surface area contributed by atoms with Crippen molar-refractivity contribution in [2.24, 2.45) is 7.05 Å². The fraction of sp³-hybridized carbons (Fsp3) is 0.458. The molecule has 36 heavy (non-hydrogen) atoms. The molecule has 3 unspecified atom stereocenters. The van der Waals surface area contributed by atoms with Crippen LogP contribution in [-0.4, -0.2) is 62.1 Å². The van der Waals surface area contributed by atoms with Crippen LogP contribution in [0.1, 0.15) is 54.5 Å². The minimum atomic E-state index is -4.83. The molecule has 9 nitrogen and oxygen atoms in total. The van der Waals surface area contributed by atoms with Gasteiger partial charge in [0.05, 0.1) is 40.7 Å². The lowest BCUT2D eigenvalue weighted by Gasteiger charge is -2.34. The molecule has 3 saturated heterocycles. The average Bonchev–Trinajstić information content (AvgIpc) is 3.54. The summed E-state index contributed by atoms with van der Waals surface area (Å²) in [6.07, 6.45) is -4.42. The molecule has 5 rings (SSSR count). The van der Waals surface area contributed by atoms with Gasteiger partial charge in [-0.25, -0.2) is 9.69 Å². The number of amides is 4. The van der Waals surface area contributed by atoms with Gasteiger partial charge in [0, 0.05) is 19.0 Å². The molecule has 3 aliphatic rings. The highest BCUT2D eigenvalue weighted by molar-refractivity contribution is 6.22. The lowest BCUT2D eigenvalue weighted by molar-refractivity contribution is -0.137. The van der Waals surface area contributed by atoms with Crippen LogP contribution >= 0.6 is 0 Å². The van der Waals surface area contributed by atoms with E-state index < -0.39 is 47.4 Å². The number of urea groups is 1. The lowest BCUT2D eigenvalue weighted by atomic mass is 9.92. The summed E-state index contributed by atoms with van der Waals surface area (Å²) in [6.45, 7) is 6.14. The van der Waals surface area contributed by atoms with Crippen LogP contribution in [0.4, 0.5) is 23.7 Å². The van der Waals surface area contributed by atoms with Crippen molar-refractivity contribution in [2.75, 3.05) is 11.4 Å². The second kappa shape index (κ2) is 7.56. The van der Waals surface area contributed by atoms with Crippen LogP contribution in [-0.2, 0) is 23.4 Å². The number of fused-ring (bicyclic) bond motifs is 5. The zero-order valence-electron chi connectivity index (χ0n) is 20.0. The summed E-state index contributed by atoms with van der Waals surface area (Å²) in [6, 6.07) is 3.21. The summed E-state index contributed by atoms with van der Waals surface area (Å²) in [5.41, 5.74) is -1.27. The number of halogens is 3. The maximum atomic E-state index is 13.5.